The van der Waals surface area contributed by atoms with Crippen LogP contribution in [-0.4, -0.2) is 28.2 Å². The van der Waals surface area contributed by atoms with Crippen LogP contribution in [0.5, 0.6) is 0 Å². The number of thiophene rings is 1. The van der Waals surface area contributed by atoms with Crippen molar-refractivity contribution in [2.45, 2.75) is 31.7 Å². The Morgan fingerprint density at radius 3 is 2.77 bits per heavy atom. The van der Waals surface area contributed by atoms with Crippen LogP contribution in [0.25, 0.3) is 10.2 Å². The summed E-state index contributed by atoms with van der Waals surface area (Å²) in [5.74, 6) is 0.751. The van der Waals surface area contributed by atoms with Crippen LogP contribution < -0.4 is 5.32 Å². The fourth-order valence-corrected chi connectivity index (χ4v) is 4.47. The summed E-state index contributed by atoms with van der Waals surface area (Å²) in [5.41, 5.74) is 0.998. The zero-order valence-electron chi connectivity index (χ0n) is 14.7. The molecule has 0 spiro atoms. The number of hydrogen-bond donors (Lipinski definition) is 1. The molecule has 1 amide bonds. The third-order valence-corrected chi connectivity index (χ3v) is 6.02. The Labute approximate surface area is 160 Å². The minimum atomic E-state index is -0.250. The van der Waals surface area contributed by atoms with Crippen molar-refractivity contribution in [1.82, 2.24) is 15.3 Å². The quantitative estimate of drug-likeness (QED) is 0.487. The van der Waals surface area contributed by atoms with Gasteiger partial charge in [0.05, 0.1) is 5.75 Å². The number of thioether (sulfide) groups is 1. The maximum absolute atomic E-state index is 12.9. The van der Waals surface area contributed by atoms with Gasteiger partial charge in [0.1, 0.15) is 21.5 Å². The third kappa shape index (κ3) is 4.80. The standard InChI is InChI=1S/C19H20FN3OS2/c1-3-15-10-16-18(22-12(2)23-19(16)26-15)25-11-17(24)21-9-8-13-4-6-14(20)7-5-13/h4-7,10H,3,8-9,11H2,1-2H3,(H,21,24). The summed E-state index contributed by atoms with van der Waals surface area (Å²) in [6.45, 7) is 4.52. The van der Waals surface area contributed by atoms with E-state index in [1.54, 1.807) is 23.5 Å². The van der Waals surface area contributed by atoms with Gasteiger partial charge in [-0.05, 0) is 43.5 Å². The van der Waals surface area contributed by atoms with E-state index in [0.717, 1.165) is 33.1 Å². The minimum Gasteiger partial charge on any atom is -0.355 e. The van der Waals surface area contributed by atoms with Gasteiger partial charge in [0.2, 0.25) is 5.91 Å². The molecule has 0 atom stereocenters. The number of amides is 1. The molecular weight excluding hydrogens is 369 g/mol. The lowest BCUT2D eigenvalue weighted by Gasteiger charge is -2.06. The first-order valence-corrected chi connectivity index (χ1v) is 10.3. The van der Waals surface area contributed by atoms with Gasteiger partial charge in [-0.3, -0.25) is 4.79 Å². The molecule has 3 aromatic rings. The average Bonchev–Trinajstić information content (AvgIpc) is 3.04. The lowest BCUT2D eigenvalue weighted by molar-refractivity contribution is -0.118. The lowest BCUT2D eigenvalue weighted by Crippen LogP contribution is -2.27. The highest BCUT2D eigenvalue weighted by molar-refractivity contribution is 8.00. The molecule has 2 heterocycles. The van der Waals surface area contributed by atoms with E-state index < -0.39 is 0 Å². The second-order valence-electron chi connectivity index (χ2n) is 5.88. The van der Waals surface area contributed by atoms with Crippen LogP contribution in [0.1, 0.15) is 23.2 Å². The molecule has 1 aromatic carbocycles. The van der Waals surface area contributed by atoms with E-state index in [0.29, 0.717) is 18.7 Å². The first-order valence-electron chi connectivity index (χ1n) is 8.46. The molecule has 136 valence electrons. The maximum Gasteiger partial charge on any atom is 0.230 e. The molecule has 0 bridgehead atoms. The summed E-state index contributed by atoms with van der Waals surface area (Å²) >= 11 is 3.12. The Morgan fingerprint density at radius 1 is 1.27 bits per heavy atom. The van der Waals surface area contributed by atoms with Gasteiger partial charge in [-0.1, -0.05) is 30.8 Å². The number of nitrogens with one attached hydrogen (secondary N) is 1. The molecule has 0 aliphatic carbocycles. The number of carbonyl (C=O) groups is 1. The van der Waals surface area contributed by atoms with Crippen molar-refractivity contribution >= 4 is 39.2 Å². The van der Waals surface area contributed by atoms with Gasteiger partial charge in [-0.2, -0.15) is 0 Å². The van der Waals surface area contributed by atoms with Gasteiger partial charge >= 0.3 is 0 Å². The number of carbonyl (C=O) groups excluding carboxylic acids is 1. The molecule has 0 fully saturated rings. The fraction of sp³-hybridized carbons (Fsp3) is 0.316. The van der Waals surface area contributed by atoms with Gasteiger partial charge in [0.25, 0.3) is 0 Å². The Hall–Kier alpha value is -1.99. The van der Waals surface area contributed by atoms with Gasteiger partial charge in [0, 0.05) is 16.8 Å². The summed E-state index contributed by atoms with van der Waals surface area (Å²) in [4.78, 5) is 23.3. The molecule has 2 aromatic heterocycles. The number of benzene rings is 1. The summed E-state index contributed by atoms with van der Waals surface area (Å²) in [6.07, 6.45) is 1.64. The van der Waals surface area contributed by atoms with Crippen LogP contribution in [0.3, 0.4) is 0 Å². The van der Waals surface area contributed by atoms with Crippen LogP contribution >= 0.6 is 23.1 Å². The third-order valence-electron chi connectivity index (χ3n) is 3.86. The number of aromatic nitrogens is 2. The molecule has 3 rings (SSSR count). The molecule has 0 saturated carbocycles. The summed E-state index contributed by atoms with van der Waals surface area (Å²) in [6, 6.07) is 8.45. The fourth-order valence-electron chi connectivity index (χ4n) is 2.51. The molecule has 4 nitrogen and oxygen atoms in total. The average molecular weight is 390 g/mol. The zero-order chi connectivity index (χ0) is 18.5. The van der Waals surface area contributed by atoms with Crippen molar-refractivity contribution < 1.29 is 9.18 Å². The zero-order valence-corrected chi connectivity index (χ0v) is 16.3. The summed E-state index contributed by atoms with van der Waals surface area (Å²) < 4.78 is 12.9. The highest BCUT2D eigenvalue weighted by Gasteiger charge is 2.12. The van der Waals surface area contributed by atoms with Crippen LogP contribution in [-0.2, 0) is 17.6 Å². The SMILES string of the molecule is CCc1cc2c(SCC(=O)NCCc3ccc(F)cc3)nc(C)nc2s1. The van der Waals surface area contributed by atoms with Gasteiger partial charge in [0.15, 0.2) is 0 Å². The van der Waals surface area contributed by atoms with Crippen molar-refractivity contribution in [3.05, 3.63) is 52.4 Å². The van der Waals surface area contributed by atoms with Crippen molar-refractivity contribution in [3.8, 4) is 0 Å². The number of nitrogens with zero attached hydrogens (tertiary/aromatic N) is 2. The maximum atomic E-state index is 12.9. The molecule has 0 aliphatic heterocycles. The molecule has 0 saturated heterocycles. The predicted molar refractivity (Wildman–Crippen MR) is 105 cm³/mol. The summed E-state index contributed by atoms with van der Waals surface area (Å²) in [7, 11) is 0. The van der Waals surface area contributed by atoms with Crippen molar-refractivity contribution in [2.75, 3.05) is 12.3 Å². The highest BCUT2D eigenvalue weighted by Crippen LogP contribution is 2.31. The molecule has 26 heavy (non-hydrogen) atoms. The van der Waals surface area contributed by atoms with Gasteiger partial charge < -0.3 is 5.32 Å². The highest BCUT2D eigenvalue weighted by atomic mass is 32.2. The Kier molecular flexibility index (Phi) is 6.21. The molecule has 1 N–H and O–H groups in total. The number of halogens is 1. The Morgan fingerprint density at radius 2 is 2.04 bits per heavy atom. The van der Waals surface area contributed by atoms with Crippen molar-refractivity contribution in [1.29, 1.82) is 0 Å². The minimum absolute atomic E-state index is 0.0347. The van der Waals surface area contributed by atoms with Crippen molar-refractivity contribution in [2.24, 2.45) is 0 Å². The normalized spacial score (nSPS) is 11.0. The van der Waals surface area contributed by atoms with Gasteiger partial charge in [-0.25, -0.2) is 14.4 Å². The Balaban J connectivity index is 1.55. The van der Waals surface area contributed by atoms with E-state index in [9.17, 15) is 9.18 Å². The van der Waals surface area contributed by atoms with Gasteiger partial charge in [-0.15, -0.1) is 11.3 Å². The van der Waals surface area contributed by atoms with E-state index >= 15 is 0 Å². The van der Waals surface area contributed by atoms with Crippen LogP contribution in [0.15, 0.2) is 35.4 Å². The second kappa shape index (κ2) is 8.60. The topological polar surface area (TPSA) is 54.9 Å². The van der Waals surface area contributed by atoms with Crippen LogP contribution in [0, 0.1) is 12.7 Å². The predicted octanol–water partition coefficient (Wildman–Crippen LogP) is 4.15. The van der Waals surface area contributed by atoms with E-state index in [-0.39, 0.29) is 11.7 Å². The van der Waals surface area contributed by atoms with E-state index in [2.05, 4.69) is 28.3 Å². The Bertz CT molecular complexity index is 909. The van der Waals surface area contributed by atoms with Crippen LogP contribution in [0.4, 0.5) is 4.39 Å². The molecular formula is C19H20FN3OS2. The smallest absolute Gasteiger partial charge is 0.230 e. The number of rotatable bonds is 7. The molecule has 0 aliphatic rings. The van der Waals surface area contributed by atoms with E-state index in [4.69, 9.17) is 0 Å². The number of hydrogen-bond acceptors (Lipinski definition) is 5. The van der Waals surface area contributed by atoms with Crippen molar-refractivity contribution in [3.63, 3.8) is 0 Å². The van der Waals surface area contributed by atoms with E-state index in [1.165, 1.54) is 28.8 Å². The summed E-state index contributed by atoms with van der Waals surface area (Å²) in [5, 5.41) is 4.79. The first kappa shape index (κ1) is 18.8. The molecule has 0 radical (unpaired) electrons. The second-order valence-corrected chi connectivity index (χ2v) is 7.96. The number of aryl methyl sites for hydroxylation is 2. The molecule has 7 heteroatoms. The monoisotopic (exact) mass is 389 g/mol. The number of fused-ring (bicyclic) bond motifs is 1. The first-order chi connectivity index (χ1) is 12.5. The van der Waals surface area contributed by atoms with Crippen LogP contribution in [0.2, 0.25) is 0 Å². The van der Waals surface area contributed by atoms with E-state index in [1.807, 2.05) is 6.92 Å². The largest absolute Gasteiger partial charge is 0.355 e. The lowest BCUT2D eigenvalue weighted by atomic mass is 10.1. The molecule has 0 unspecified atom stereocenters.